The van der Waals surface area contributed by atoms with Gasteiger partial charge in [-0.05, 0) is 40.2 Å². The number of amides is 1. The van der Waals surface area contributed by atoms with Crippen LogP contribution in [0.5, 0.6) is 0 Å². The molecule has 6 nitrogen and oxygen atoms in total. The number of nitrogens with zero attached hydrogens (tertiary/aromatic N) is 1. The number of ether oxygens (including phenoxy) is 1. The maximum atomic E-state index is 12.5. The van der Waals surface area contributed by atoms with E-state index in [0.717, 1.165) is 0 Å². The van der Waals surface area contributed by atoms with Gasteiger partial charge in [-0.25, -0.2) is 0 Å². The summed E-state index contributed by atoms with van der Waals surface area (Å²) in [5.41, 5.74) is 0. The number of rotatable bonds is 6. The second kappa shape index (κ2) is 7.31. The smallest absolute Gasteiger partial charge is 0.310 e. The third kappa shape index (κ3) is 4.00. The van der Waals surface area contributed by atoms with E-state index in [-0.39, 0.29) is 30.7 Å². The van der Waals surface area contributed by atoms with Crippen LogP contribution in [0.4, 0.5) is 0 Å². The molecule has 0 bridgehead atoms. The van der Waals surface area contributed by atoms with Crippen molar-refractivity contribution < 1.29 is 23.2 Å². The summed E-state index contributed by atoms with van der Waals surface area (Å²) in [5.74, 6) is -0.343. The van der Waals surface area contributed by atoms with Crippen molar-refractivity contribution in [1.29, 1.82) is 0 Å². The summed E-state index contributed by atoms with van der Waals surface area (Å²) in [5, 5.41) is 0. The van der Waals surface area contributed by atoms with E-state index in [1.807, 2.05) is 0 Å². The Hall–Kier alpha value is -2.02. The van der Waals surface area contributed by atoms with Crippen molar-refractivity contribution in [1.82, 2.24) is 4.90 Å². The van der Waals surface area contributed by atoms with Crippen molar-refractivity contribution in [3.8, 4) is 0 Å². The summed E-state index contributed by atoms with van der Waals surface area (Å²) in [6, 6.07) is 6.72. The number of furan rings is 2. The van der Waals surface area contributed by atoms with E-state index in [9.17, 15) is 9.59 Å². The van der Waals surface area contributed by atoms with Crippen LogP contribution in [0.1, 0.15) is 23.2 Å². The molecule has 0 spiro atoms. The molecule has 2 rings (SSSR count). The molecule has 0 N–H and O–H groups in total. The van der Waals surface area contributed by atoms with Gasteiger partial charge in [-0.3, -0.25) is 9.59 Å². The predicted octanol–water partition coefficient (Wildman–Crippen LogP) is 3.09. The highest BCUT2D eigenvalue weighted by Crippen LogP contribution is 2.18. The molecule has 2 aromatic rings. The SMILES string of the molecule is COC(=O)C(C)CN(Cc1ccco1)C(=O)c1ccc(Br)o1. The van der Waals surface area contributed by atoms with E-state index in [0.29, 0.717) is 10.4 Å². The molecule has 7 heteroatoms. The molecule has 1 unspecified atom stereocenters. The Morgan fingerprint density at radius 3 is 2.68 bits per heavy atom. The second-order valence-corrected chi connectivity index (χ2v) is 5.57. The van der Waals surface area contributed by atoms with Crippen LogP contribution in [0, 0.1) is 5.92 Å². The normalized spacial score (nSPS) is 12.0. The van der Waals surface area contributed by atoms with Crippen LogP contribution in [-0.2, 0) is 16.1 Å². The molecule has 0 aliphatic heterocycles. The summed E-state index contributed by atoms with van der Waals surface area (Å²) >= 11 is 3.17. The first-order chi connectivity index (χ1) is 10.5. The highest BCUT2D eigenvalue weighted by Gasteiger charge is 2.25. The molecule has 0 saturated carbocycles. The van der Waals surface area contributed by atoms with Gasteiger partial charge in [0.2, 0.25) is 0 Å². The topological polar surface area (TPSA) is 72.9 Å². The molecule has 0 aromatic carbocycles. The lowest BCUT2D eigenvalue weighted by Crippen LogP contribution is -2.36. The van der Waals surface area contributed by atoms with Crippen LogP contribution in [0.15, 0.2) is 44.0 Å². The zero-order chi connectivity index (χ0) is 16.1. The van der Waals surface area contributed by atoms with Gasteiger partial charge in [0.25, 0.3) is 5.91 Å². The standard InChI is InChI=1S/C15H16BrNO5/c1-10(15(19)20-2)8-17(9-11-4-3-7-21-11)14(18)12-5-6-13(16)22-12/h3-7,10H,8-9H2,1-2H3. The number of carbonyl (C=O) groups is 2. The van der Waals surface area contributed by atoms with Gasteiger partial charge in [-0.2, -0.15) is 0 Å². The lowest BCUT2D eigenvalue weighted by atomic mass is 10.1. The zero-order valence-electron chi connectivity index (χ0n) is 12.2. The quantitative estimate of drug-likeness (QED) is 0.731. The van der Waals surface area contributed by atoms with Gasteiger partial charge in [0, 0.05) is 6.54 Å². The lowest BCUT2D eigenvalue weighted by molar-refractivity contribution is -0.145. The van der Waals surface area contributed by atoms with Gasteiger partial charge in [0.15, 0.2) is 10.4 Å². The van der Waals surface area contributed by atoms with E-state index in [1.54, 1.807) is 31.2 Å². The number of carbonyl (C=O) groups excluding carboxylic acids is 2. The Balaban J connectivity index is 2.17. The summed E-state index contributed by atoms with van der Waals surface area (Å²) in [4.78, 5) is 25.6. The monoisotopic (exact) mass is 369 g/mol. The van der Waals surface area contributed by atoms with E-state index in [4.69, 9.17) is 13.6 Å². The molecule has 0 aliphatic carbocycles. The Kier molecular flexibility index (Phi) is 5.43. The van der Waals surface area contributed by atoms with Crippen molar-refractivity contribution >= 4 is 27.8 Å². The maximum Gasteiger partial charge on any atom is 0.310 e. The van der Waals surface area contributed by atoms with E-state index < -0.39 is 5.92 Å². The van der Waals surface area contributed by atoms with E-state index in [1.165, 1.54) is 18.3 Å². The third-order valence-corrected chi connectivity index (χ3v) is 3.52. The Morgan fingerprint density at radius 1 is 1.36 bits per heavy atom. The molecule has 0 saturated heterocycles. The fourth-order valence-electron chi connectivity index (χ4n) is 2.00. The summed E-state index contributed by atoms with van der Waals surface area (Å²) in [7, 11) is 1.32. The fraction of sp³-hybridized carbons (Fsp3) is 0.333. The van der Waals surface area contributed by atoms with Gasteiger partial charge in [-0.1, -0.05) is 6.92 Å². The Morgan fingerprint density at radius 2 is 2.14 bits per heavy atom. The van der Waals surface area contributed by atoms with Crippen molar-refractivity contribution in [2.75, 3.05) is 13.7 Å². The highest BCUT2D eigenvalue weighted by molar-refractivity contribution is 9.10. The highest BCUT2D eigenvalue weighted by atomic mass is 79.9. The molecule has 0 aliphatic rings. The molecular formula is C15H16BrNO5. The number of hydrogen-bond donors (Lipinski definition) is 0. The van der Waals surface area contributed by atoms with Crippen LogP contribution in [0.3, 0.4) is 0 Å². The third-order valence-electron chi connectivity index (χ3n) is 3.10. The minimum absolute atomic E-state index is 0.190. The number of esters is 1. The molecule has 22 heavy (non-hydrogen) atoms. The molecular weight excluding hydrogens is 354 g/mol. The van der Waals surface area contributed by atoms with Gasteiger partial charge in [0.1, 0.15) is 5.76 Å². The Labute approximate surface area is 136 Å². The van der Waals surface area contributed by atoms with Crippen LogP contribution >= 0.6 is 15.9 Å². The molecule has 1 atom stereocenters. The van der Waals surface area contributed by atoms with Gasteiger partial charge in [-0.15, -0.1) is 0 Å². The largest absolute Gasteiger partial charge is 0.469 e. The molecule has 0 fully saturated rings. The van der Waals surface area contributed by atoms with Crippen LogP contribution in [-0.4, -0.2) is 30.4 Å². The first-order valence-electron chi connectivity index (χ1n) is 6.66. The van der Waals surface area contributed by atoms with Gasteiger partial charge >= 0.3 is 5.97 Å². The maximum absolute atomic E-state index is 12.5. The van der Waals surface area contributed by atoms with Gasteiger partial charge < -0.3 is 18.5 Å². The van der Waals surface area contributed by atoms with Crippen molar-refractivity contribution in [3.63, 3.8) is 0 Å². The molecule has 2 heterocycles. The van der Waals surface area contributed by atoms with Crippen molar-refractivity contribution in [3.05, 3.63) is 46.7 Å². The number of hydrogen-bond acceptors (Lipinski definition) is 5. The first-order valence-corrected chi connectivity index (χ1v) is 7.45. The van der Waals surface area contributed by atoms with Gasteiger partial charge in [0.05, 0.1) is 25.8 Å². The minimum atomic E-state index is -0.456. The lowest BCUT2D eigenvalue weighted by Gasteiger charge is -2.23. The average molecular weight is 370 g/mol. The summed E-state index contributed by atoms with van der Waals surface area (Å²) in [6.07, 6.45) is 1.53. The predicted molar refractivity (Wildman–Crippen MR) is 81.0 cm³/mol. The van der Waals surface area contributed by atoms with E-state index >= 15 is 0 Å². The molecule has 1 amide bonds. The first kappa shape index (κ1) is 16.4. The van der Waals surface area contributed by atoms with Crippen molar-refractivity contribution in [2.45, 2.75) is 13.5 Å². The number of methoxy groups -OCH3 is 1. The van der Waals surface area contributed by atoms with E-state index in [2.05, 4.69) is 15.9 Å². The van der Waals surface area contributed by atoms with Crippen LogP contribution in [0.2, 0.25) is 0 Å². The average Bonchev–Trinajstić information content (AvgIpc) is 3.16. The van der Waals surface area contributed by atoms with Crippen LogP contribution < -0.4 is 0 Å². The molecule has 118 valence electrons. The summed E-state index contributed by atoms with van der Waals surface area (Å²) in [6.45, 7) is 2.14. The van der Waals surface area contributed by atoms with Crippen molar-refractivity contribution in [2.24, 2.45) is 5.92 Å². The zero-order valence-corrected chi connectivity index (χ0v) is 13.8. The fourth-order valence-corrected chi connectivity index (χ4v) is 2.31. The minimum Gasteiger partial charge on any atom is -0.469 e. The number of halogens is 1. The second-order valence-electron chi connectivity index (χ2n) is 4.79. The molecule has 0 radical (unpaired) electrons. The Bertz CT molecular complexity index is 634. The molecule has 2 aromatic heterocycles. The summed E-state index contributed by atoms with van der Waals surface area (Å²) < 4.78 is 15.7. The van der Waals surface area contributed by atoms with Crippen LogP contribution in [0.25, 0.3) is 0 Å².